The summed E-state index contributed by atoms with van der Waals surface area (Å²) in [6.07, 6.45) is 1.51. The second-order valence-corrected chi connectivity index (χ2v) is 5.21. The smallest absolute Gasteiger partial charge is 0.295 e. The van der Waals surface area contributed by atoms with E-state index in [0.717, 1.165) is 11.1 Å². The molecule has 1 aromatic heterocycles. The Morgan fingerprint density at radius 1 is 1.16 bits per heavy atom. The molecule has 0 atom stereocenters. The lowest BCUT2D eigenvalue weighted by Crippen LogP contribution is -2.19. The third-order valence-corrected chi connectivity index (χ3v) is 3.39. The van der Waals surface area contributed by atoms with Gasteiger partial charge < -0.3 is 4.74 Å². The van der Waals surface area contributed by atoms with Gasteiger partial charge in [0, 0.05) is 5.56 Å². The number of aryl methyl sites for hydroxylation is 1. The summed E-state index contributed by atoms with van der Waals surface area (Å²) in [4.78, 5) is 11.9. The Bertz CT molecular complexity index is 875. The minimum atomic E-state index is -0.488. The molecule has 0 saturated carbocycles. The van der Waals surface area contributed by atoms with E-state index in [0.29, 0.717) is 18.1 Å². The van der Waals surface area contributed by atoms with Gasteiger partial charge in [0.15, 0.2) is 5.69 Å². The third kappa shape index (κ3) is 4.29. The van der Waals surface area contributed by atoms with E-state index in [1.807, 2.05) is 54.6 Å². The maximum absolute atomic E-state index is 11.9. The zero-order chi connectivity index (χ0) is 17.5. The first kappa shape index (κ1) is 16.4. The monoisotopic (exact) mass is 336 g/mol. The van der Waals surface area contributed by atoms with Gasteiger partial charge in [0.1, 0.15) is 18.1 Å². The van der Waals surface area contributed by atoms with E-state index in [-0.39, 0.29) is 5.69 Å². The summed E-state index contributed by atoms with van der Waals surface area (Å²) in [5.41, 5.74) is 4.70. The average molecular weight is 336 g/mol. The lowest BCUT2D eigenvalue weighted by molar-refractivity contribution is 0.0945. The molecule has 7 nitrogen and oxygen atoms in total. The van der Waals surface area contributed by atoms with Crippen molar-refractivity contribution in [3.05, 3.63) is 77.1 Å². The number of ether oxygens (including phenoxy) is 1. The van der Waals surface area contributed by atoms with E-state index < -0.39 is 5.91 Å². The van der Waals surface area contributed by atoms with Crippen LogP contribution < -0.4 is 10.2 Å². The molecule has 126 valence electrons. The van der Waals surface area contributed by atoms with Crippen molar-refractivity contribution in [3.63, 3.8) is 0 Å². The zero-order valence-electron chi connectivity index (χ0n) is 13.5. The molecule has 0 aliphatic heterocycles. The predicted molar refractivity (Wildman–Crippen MR) is 91.3 cm³/mol. The van der Waals surface area contributed by atoms with Crippen LogP contribution in [0.25, 0.3) is 0 Å². The van der Waals surface area contributed by atoms with Crippen LogP contribution in [0, 0.1) is 6.92 Å². The van der Waals surface area contributed by atoms with Crippen LogP contribution in [0.15, 0.2) is 64.3 Å². The van der Waals surface area contributed by atoms with Crippen LogP contribution >= 0.6 is 0 Å². The number of hydrogen-bond acceptors (Lipinski definition) is 6. The SMILES string of the molecule is Cc1nonc1C(=O)N/N=C\c1ccccc1OCc1ccccc1. The molecule has 25 heavy (non-hydrogen) atoms. The number of carbonyl (C=O) groups is 1. The maximum atomic E-state index is 11.9. The highest BCUT2D eigenvalue weighted by molar-refractivity contribution is 5.94. The van der Waals surface area contributed by atoms with E-state index in [9.17, 15) is 4.79 Å². The predicted octanol–water partition coefficient (Wildman–Crippen LogP) is 2.72. The summed E-state index contributed by atoms with van der Waals surface area (Å²) in [7, 11) is 0. The van der Waals surface area contributed by atoms with Gasteiger partial charge in [-0.25, -0.2) is 10.1 Å². The Kier molecular flexibility index (Phi) is 5.16. The number of rotatable bonds is 6. The third-order valence-electron chi connectivity index (χ3n) is 3.39. The molecule has 0 bridgehead atoms. The second kappa shape index (κ2) is 7.87. The van der Waals surface area contributed by atoms with Crippen LogP contribution in [0.4, 0.5) is 0 Å². The molecule has 0 aliphatic carbocycles. The largest absolute Gasteiger partial charge is 0.488 e. The van der Waals surface area contributed by atoms with Gasteiger partial charge in [-0.2, -0.15) is 5.10 Å². The highest BCUT2D eigenvalue weighted by Crippen LogP contribution is 2.17. The molecule has 0 spiro atoms. The fourth-order valence-corrected chi connectivity index (χ4v) is 2.10. The molecule has 1 amide bonds. The molecule has 1 N–H and O–H groups in total. The fraction of sp³-hybridized carbons (Fsp3) is 0.111. The Hall–Kier alpha value is -3.48. The molecule has 0 radical (unpaired) electrons. The number of benzene rings is 2. The van der Waals surface area contributed by atoms with Gasteiger partial charge in [-0.1, -0.05) is 47.6 Å². The number of hydrazone groups is 1. The minimum Gasteiger partial charge on any atom is -0.488 e. The Labute approximate surface area is 144 Å². The fourth-order valence-electron chi connectivity index (χ4n) is 2.10. The molecule has 0 aliphatic rings. The minimum absolute atomic E-state index is 0.103. The highest BCUT2D eigenvalue weighted by atomic mass is 16.6. The van der Waals surface area contributed by atoms with Crippen molar-refractivity contribution < 1.29 is 14.2 Å². The number of hydrogen-bond donors (Lipinski definition) is 1. The van der Waals surface area contributed by atoms with Crippen molar-refractivity contribution >= 4 is 12.1 Å². The summed E-state index contributed by atoms with van der Waals surface area (Å²) < 4.78 is 10.3. The number of nitrogens with one attached hydrogen (secondary N) is 1. The van der Waals surface area contributed by atoms with Gasteiger partial charge in [0.25, 0.3) is 5.91 Å². The second-order valence-electron chi connectivity index (χ2n) is 5.21. The van der Waals surface area contributed by atoms with E-state index in [2.05, 4.69) is 25.5 Å². The number of amides is 1. The van der Waals surface area contributed by atoms with Crippen LogP contribution in [0.2, 0.25) is 0 Å². The van der Waals surface area contributed by atoms with Crippen LogP contribution in [-0.2, 0) is 6.61 Å². The van der Waals surface area contributed by atoms with Crippen LogP contribution in [-0.4, -0.2) is 22.4 Å². The molecule has 7 heteroatoms. The van der Waals surface area contributed by atoms with Crippen molar-refractivity contribution in [1.29, 1.82) is 0 Å². The van der Waals surface area contributed by atoms with Crippen molar-refractivity contribution in [2.24, 2.45) is 5.10 Å². The van der Waals surface area contributed by atoms with Crippen LogP contribution in [0.1, 0.15) is 27.3 Å². The standard InChI is InChI=1S/C18H16N4O3/c1-13-17(22-25-21-13)18(23)20-19-11-15-9-5-6-10-16(15)24-12-14-7-3-2-4-8-14/h2-11H,12H2,1H3,(H,20,23)/b19-11-. The molecule has 1 heterocycles. The molecule has 0 unspecified atom stereocenters. The van der Waals surface area contributed by atoms with Crippen molar-refractivity contribution in [2.45, 2.75) is 13.5 Å². The van der Waals surface area contributed by atoms with Gasteiger partial charge >= 0.3 is 0 Å². The van der Waals surface area contributed by atoms with Crippen molar-refractivity contribution in [2.75, 3.05) is 0 Å². The number of nitrogens with zero attached hydrogens (tertiary/aromatic N) is 3. The Morgan fingerprint density at radius 3 is 2.68 bits per heavy atom. The topological polar surface area (TPSA) is 89.6 Å². The average Bonchev–Trinajstić information content (AvgIpc) is 3.08. The summed E-state index contributed by atoms with van der Waals surface area (Å²) in [5.74, 6) is 0.182. The van der Waals surface area contributed by atoms with E-state index in [1.165, 1.54) is 6.21 Å². The van der Waals surface area contributed by atoms with E-state index >= 15 is 0 Å². The number of carbonyl (C=O) groups excluding carboxylic acids is 1. The summed E-state index contributed by atoms with van der Waals surface area (Å²) in [6.45, 7) is 2.07. The van der Waals surface area contributed by atoms with Crippen LogP contribution in [0.5, 0.6) is 5.75 Å². The van der Waals surface area contributed by atoms with Gasteiger partial charge in [0.05, 0.1) is 6.21 Å². The first-order valence-electron chi connectivity index (χ1n) is 7.62. The first-order valence-corrected chi connectivity index (χ1v) is 7.62. The molecule has 2 aromatic carbocycles. The van der Waals surface area contributed by atoms with Crippen LogP contribution in [0.3, 0.4) is 0 Å². The summed E-state index contributed by atoms with van der Waals surface area (Å²) in [5, 5.41) is 11.0. The van der Waals surface area contributed by atoms with Gasteiger partial charge in [0.2, 0.25) is 0 Å². The lowest BCUT2D eigenvalue weighted by atomic mass is 10.2. The van der Waals surface area contributed by atoms with E-state index in [4.69, 9.17) is 4.74 Å². The molecule has 3 aromatic rings. The Balaban J connectivity index is 1.64. The van der Waals surface area contributed by atoms with Gasteiger partial charge in [-0.05, 0) is 29.8 Å². The lowest BCUT2D eigenvalue weighted by Gasteiger charge is -2.08. The molecular weight excluding hydrogens is 320 g/mol. The normalized spacial score (nSPS) is 10.8. The van der Waals surface area contributed by atoms with E-state index in [1.54, 1.807) is 6.92 Å². The first-order chi connectivity index (χ1) is 12.2. The summed E-state index contributed by atoms with van der Waals surface area (Å²) in [6, 6.07) is 17.3. The van der Waals surface area contributed by atoms with Gasteiger partial charge in [-0.15, -0.1) is 0 Å². The van der Waals surface area contributed by atoms with Crippen molar-refractivity contribution in [1.82, 2.24) is 15.7 Å². The molecule has 3 rings (SSSR count). The number of aromatic nitrogens is 2. The van der Waals surface area contributed by atoms with Gasteiger partial charge in [-0.3, -0.25) is 4.79 Å². The summed E-state index contributed by atoms with van der Waals surface area (Å²) >= 11 is 0. The molecule has 0 saturated heterocycles. The quantitative estimate of drug-likeness (QED) is 0.552. The molecular formula is C18H16N4O3. The molecule has 0 fully saturated rings. The van der Waals surface area contributed by atoms with Crippen molar-refractivity contribution in [3.8, 4) is 5.75 Å². The number of para-hydroxylation sites is 1. The zero-order valence-corrected chi connectivity index (χ0v) is 13.5. The highest BCUT2D eigenvalue weighted by Gasteiger charge is 2.13. The maximum Gasteiger partial charge on any atom is 0.295 e. The Morgan fingerprint density at radius 2 is 1.92 bits per heavy atom.